The minimum absolute atomic E-state index is 0.0217. The first-order valence-electron chi connectivity index (χ1n) is 10.7. The van der Waals surface area contributed by atoms with E-state index in [1.165, 1.54) is 36.5 Å². The third-order valence-corrected chi connectivity index (χ3v) is 6.08. The Bertz CT molecular complexity index is 1530. The van der Waals surface area contributed by atoms with Gasteiger partial charge in [-0.25, -0.2) is 15.4 Å². The number of halogens is 4. The summed E-state index contributed by atoms with van der Waals surface area (Å²) in [5, 5.41) is 15.6. The number of rotatable bonds is 7. The number of nitro groups is 1. The third kappa shape index (κ3) is 6.72. The minimum atomic E-state index is -4.75. The highest BCUT2D eigenvalue weighted by atomic mass is 35.5. The van der Waals surface area contributed by atoms with Crippen LogP contribution < -0.4 is 5.43 Å². The normalized spacial score (nSPS) is 11.5. The molecule has 0 aliphatic rings. The summed E-state index contributed by atoms with van der Waals surface area (Å²) in [6, 6.07) is 19.2. The topological polar surface area (TPSA) is 110 Å². The van der Waals surface area contributed by atoms with E-state index in [0.717, 1.165) is 6.07 Å². The van der Waals surface area contributed by atoms with Gasteiger partial charge in [-0.15, -0.1) is 0 Å². The van der Waals surface area contributed by atoms with Gasteiger partial charge in [0.25, 0.3) is 11.6 Å². The van der Waals surface area contributed by atoms with E-state index in [9.17, 15) is 28.1 Å². The van der Waals surface area contributed by atoms with Gasteiger partial charge in [0, 0.05) is 27.8 Å². The van der Waals surface area contributed by atoms with Crippen LogP contribution in [-0.2, 0) is 6.18 Å². The van der Waals surface area contributed by atoms with Crippen LogP contribution in [0, 0.1) is 10.1 Å². The molecule has 13 heteroatoms. The van der Waals surface area contributed by atoms with Gasteiger partial charge >= 0.3 is 6.18 Å². The Morgan fingerprint density at radius 2 is 1.79 bits per heavy atom. The van der Waals surface area contributed by atoms with Crippen molar-refractivity contribution in [3.05, 3.63) is 111 Å². The van der Waals surface area contributed by atoms with E-state index in [-0.39, 0.29) is 26.9 Å². The average molecular weight is 558 g/mol. The number of nitrogens with one attached hydrogen (secondary N) is 1. The second kappa shape index (κ2) is 11.4. The van der Waals surface area contributed by atoms with E-state index in [4.69, 9.17) is 11.6 Å². The van der Waals surface area contributed by atoms with Crippen molar-refractivity contribution in [3.63, 3.8) is 0 Å². The Kier molecular flexibility index (Phi) is 8.03. The SMILES string of the molecule is O=C(N/N=C/c1ccc(Sc2nc(-c3ccccc3)cc(C(F)(F)F)n2)c([N+](=O)[O-])c1)c1cccc(Cl)c1. The second-order valence-electron chi connectivity index (χ2n) is 7.58. The van der Waals surface area contributed by atoms with Gasteiger partial charge in [0.05, 0.1) is 21.7 Å². The van der Waals surface area contributed by atoms with E-state index in [0.29, 0.717) is 22.3 Å². The number of aromatic nitrogens is 2. The van der Waals surface area contributed by atoms with Gasteiger partial charge in [-0.1, -0.05) is 54.1 Å². The highest BCUT2D eigenvalue weighted by Gasteiger charge is 2.34. The number of carbonyl (C=O) groups is 1. The lowest BCUT2D eigenvalue weighted by atomic mass is 10.1. The molecule has 38 heavy (non-hydrogen) atoms. The van der Waals surface area contributed by atoms with Crippen molar-refractivity contribution < 1.29 is 22.9 Å². The molecule has 0 fully saturated rings. The summed E-state index contributed by atoms with van der Waals surface area (Å²) < 4.78 is 40.5. The molecular weight excluding hydrogens is 543 g/mol. The summed E-state index contributed by atoms with van der Waals surface area (Å²) in [6.45, 7) is 0. The Hall–Kier alpha value is -4.29. The number of amides is 1. The molecule has 0 saturated heterocycles. The largest absolute Gasteiger partial charge is 0.433 e. The maximum Gasteiger partial charge on any atom is 0.433 e. The molecule has 1 heterocycles. The fraction of sp³-hybridized carbons (Fsp3) is 0.0400. The monoisotopic (exact) mass is 557 g/mol. The van der Waals surface area contributed by atoms with Crippen LogP contribution in [0.4, 0.5) is 18.9 Å². The van der Waals surface area contributed by atoms with Crippen molar-refractivity contribution in [2.45, 2.75) is 16.2 Å². The maximum atomic E-state index is 13.5. The smallest absolute Gasteiger partial charge is 0.267 e. The van der Waals surface area contributed by atoms with Crippen LogP contribution in [-0.4, -0.2) is 27.0 Å². The van der Waals surface area contributed by atoms with Crippen molar-refractivity contribution >= 4 is 41.2 Å². The Morgan fingerprint density at radius 3 is 2.47 bits per heavy atom. The summed E-state index contributed by atoms with van der Waals surface area (Å²) in [6.07, 6.45) is -3.55. The number of hydrogen-bond donors (Lipinski definition) is 1. The first-order chi connectivity index (χ1) is 18.1. The van der Waals surface area contributed by atoms with E-state index >= 15 is 0 Å². The zero-order chi connectivity index (χ0) is 27.3. The summed E-state index contributed by atoms with van der Waals surface area (Å²) >= 11 is 6.49. The molecule has 4 rings (SSSR count). The quantitative estimate of drug-likeness (QED) is 0.118. The molecule has 1 amide bonds. The average Bonchev–Trinajstić information content (AvgIpc) is 2.89. The van der Waals surface area contributed by atoms with Crippen LogP contribution in [0.25, 0.3) is 11.3 Å². The summed E-state index contributed by atoms with van der Waals surface area (Å²) in [7, 11) is 0. The molecule has 0 unspecified atom stereocenters. The van der Waals surface area contributed by atoms with Gasteiger partial charge in [0.2, 0.25) is 0 Å². The number of nitro benzene ring substituents is 1. The molecule has 192 valence electrons. The molecule has 1 aromatic heterocycles. The van der Waals surface area contributed by atoms with Crippen molar-refractivity contribution in [3.8, 4) is 11.3 Å². The van der Waals surface area contributed by atoms with Crippen LogP contribution in [0.1, 0.15) is 21.6 Å². The predicted molar refractivity (Wildman–Crippen MR) is 136 cm³/mol. The maximum absolute atomic E-state index is 13.5. The number of hydrazone groups is 1. The standard InChI is InChI=1S/C25H15ClF3N5O3S/c26-18-8-4-7-17(12-18)23(35)33-30-14-15-9-10-21(20(11-15)34(36)37)38-24-31-19(16-5-2-1-3-6-16)13-22(32-24)25(27,28)29/h1-14H,(H,33,35)/b30-14+. The fourth-order valence-corrected chi connectivity index (χ4v) is 4.22. The van der Waals surface area contributed by atoms with Crippen molar-refractivity contribution in [1.82, 2.24) is 15.4 Å². The van der Waals surface area contributed by atoms with Crippen LogP contribution in [0.15, 0.2) is 94.0 Å². The van der Waals surface area contributed by atoms with Crippen LogP contribution in [0.2, 0.25) is 5.02 Å². The molecule has 0 radical (unpaired) electrons. The zero-order valence-electron chi connectivity index (χ0n) is 19.0. The molecule has 0 aliphatic carbocycles. The molecule has 0 saturated carbocycles. The van der Waals surface area contributed by atoms with Crippen LogP contribution in [0.5, 0.6) is 0 Å². The molecular formula is C25H15ClF3N5O3S. The summed E-state index contributed by atoms with van der Waals surface area (Å²) in [4.78, 5) is 31.0. The lowest BCUT2D eigenvalue weighted by Crippen LogP contribution is -2.17. The van der Waals surface area contributed by atoms with Crippen LogP contribution >= 0.6 is 23.4 Å². The van der Waals surface area contributed by atoms with Gasteiger partial charge in [0.1, 0.15) is 5.69 Å². The second-order valence-corrected chi connectivity index (χ2v) is 9.03. The fourth-order valence-electron chi connectivity index (χ4n) is 3.17. The molecule has 0 aliphatic heterocycles. The number of alkyl halides is 3. The molecule has 1 N–H and O–H groups in total. The third-order valence-electron chi connectivity index (χ3n) is 4.91. The molecule has 0 spiro atoms. The Balaban J connectivity index is 1.60. The highest BCUT2D eigenvalue weighted by molar-refractivity contribution is 7.99. The lowest BCUT2D eigenvalue weighted by molar-refractivity contribution is -0.387. The van der Waals surface area contributed by atoms with E-state index < -0.39 is 28.4 Å². The Labute approximate surface area is 222 Å². The lowest BCUT2D eigenvalue weighted by Gasteiger charge is -2.11. The number of carbonyl (C=O) groups excluding carboxylic acids is 1. The van der Waals surface area contributed by atoms with Gasteiger partial charge < -0.3 is 0 Å². The predicted octanol–water partition coefficient (Wildman–Crippen LogP) is 6.64. The van der Waals surface area contributed by atoms with Gasteiger partial charge in [-0.05, 0) is 42.1 Å². The Morgan fingerprint density at radius 1 is 1.03 bits per heavy atom. The van der Waals surface area contributed by atoms with Gasteiger partial charge in [0.15, 0.2) is 5.16 Å². The number of hydrogen-bond acceptors (Lipinski definition) is 7. The summed E-state index contributed by atoms with van der Waals surface area (Å²) in [5.41, 5.74) is 1.71. The first-order valence-corrected chi connectivity index (χ1v) is 11.9. The van der Waals surface area contributed by atoms with Crippen molar-refractivity contribution in [2.75, 3.05) is 0 Å². The first kappa shape index (κ1) is 26.8. The van der Waals surface area contributed by atoms with Gasteiger partial charge in [-0.2, -0.15) is 18.3 Å². The highest BCUT2D eigenvalue weighted by Crippen LogP contribution is 2.37. The number of nitrogens with zero attached hydrogens (tertiary/aromatic N) is 4. The number of benzene rings is 3. The molecule has 0 atom stereocenters. The zero-order valence-corrected chi connectivity index (χ0v) is 20.6. The van der Waals surface area contributed by atoms with E-state index in [1.54, 1.807) is 42.5 Å². The summed E-state index contributed by atoms with van der Waals surface area (Å²) in [5.74, 6) is -0.540. The van der Waals surface area contributed by atoms with Crippen molar-refractivity contribution in [1.29, 1.82) is 0 Å². The molecule has 3 aromatic carbocycles. The molecule has 8 nitrogen and oxygen atoms in total. The van der Waals surface area contributed by atoms with Crippen LogP contribution in [0.3, 0.4) is 0 Å². The molecule has 4 aromatic rings. The van der Waals surface area contributed by atoms with E-state index in [1.807, 2.05) is 0 Å². The minimum Gasteiger partial charge on any atom is -0.267 e. The van der Waals surface area contributed by atoms with Crippen molar-refractivity contribution in [2.24, 2.45) is 5.10 Å². The molecule has 0 bridgehead atoms. The van der Waals surface area contributed by atoms with E-state index in [2.05, 4.69) is 20.5 Å². The van der Waals surface area contributed by atoms with Gasteiger partial charge in [-0.3, -0.25) is 14.9 Å².